The molecule has 3 rings (SSSR count). The van der Waals surface area contributed by atoms with E-state index >= 15 is 0 Å². The molecule has 0 unspecified atom stereocenters. The van der Waals surface area contributed by atoms with Gasteiger partial charge in [0.1, 0.15) is 16.4 Å². The highest BCUT2D eigenvalue weighted by Crippen LogP contribution is 2.42. The minimum Gasteiger partial charge on any atom is -0.494 e. The van der Waals surface area contributed by atoms with Gasteiger partial charge in [0.15, 0.2) is 0 Å². The number of thioether (sulfide) groups is 1. The molecule has 2 aromatic carbocycles. The van der Waals surface area contributed by atoms with Crippen LogP contribution in [0.3, 0.4) is 0 Å². The first-order valence-corrected chi connectivity index (χ1v) is 11.1. The van der Waals surface area contributed by atoms with Crippen LogP contribution in [0.2, 0.25) is 5.02 Å². The lowest BCUT2D eigenvalue weighted by molar-refractivity contribution is 0.0702. The summed E-state index contributed by atoms with van der Waals surface area (Å²) in [7, 11) is 0. The third-order valence-electron chi connectivity index (χ3n) is 4.05. The van der Waals surface area contributed by atoms with Crippen LogP contribution in [-0.4, -0.2) is 29.7 Å². The number of thiophene rings is 1. The van der Waals surface area contributed by atoms with Crippen LogP contribution in [0.5, 0.6) is 5.75 Å². The number of benzene rings is 2. The Morgan fingerprint density at radius 2 is 1.93 bits per heavy atom. The molecule has 3 aromatic rings. The van der Waals surface area contributed by atoms with Crippen molar-refractivity contribution in [2.75, 3.05) is 18.6 Å². The van der Waals surface area contributed by atoms with Crippen molar-refractivity contribution in [1.82, 2.24) is 0 Å². The van der Waals surface area contributed by atoms with Gasteiger partial charge in [-0.2, -0.15) is 11.8 Å². The van der Waals surface area contributed by atoms with Gasteiger partial charge in [-0.1, -0.05) is 23.7 Å². The van der Waals surface area contributed by atoms with Crippen LogP contribution in [0.15, 0.2) is 48.5 Å². The van der Waals surface area contributed by atoms with Crippen molar-refractivity contribution in [3.63, 3.8) is 0 Å². The molecule has 146 valence electrons. The number of carbonyl (C=O) groups is 1. The molecule has 0 atom stereocenters. The second kappa shape index (κ2) is 9.45. The van der Waals surface area contributed by atoms with E-state index in [9.17, 15) is 14.3 Å². The molecule has 0 saturated carbocycles. The quantitative estimate of drug-likeness (QED) is 0.399. The average molecular weight is 437 g/mol. The Hall–Kier alpha value is -2.02. The van der Waals surface area contributed by atoms with E-state index in [-0.39, 0.29) is 9.90 Å². The largest absolute Gasteiger partial charge is 0.494 e. The predicted octanol–water partition coefficient (Wildman–Crippen LogP) is 6.70. The first-order valence-electron chi connectivity index (χ1n) is 8.54. The van der Waals surface area contributed by atoms with E-state index in [0.29, 0.717) is 17.0 Å². The van der Waals surface area contributed by atoms with Crippen LogP contribution >= 0.6 is 34.7 Å². The molecule has 0 amide bonds. The van der Waals surface area contributed by atoms with E-state index in [0.717, 1.165) is 40.4 Å². The normalized spacial score (nSPS) is 10.8. The molecular weight excluding hydrogens is 419 g/mol. The third-order valence-corrected chi connectivity index (χ3v) is 6.21. The summed E-state index contributed by atoms with van der Waals surface area (Å²) >= 11 is 9.12. The number of hydrogen-bond acceptors (Lipinski definition) is 4. The van der Waals surface area contributed by atoms with Gasteiger partial charge in [0.25, 0.3) is 0 Å². The monoisotopic (exact) mass is 436 g/mol. The number of halogens is 2. The van der Waals surface area contributed by atoms with Crippen molar-refractivity contribution >= 4 is 40.7 Å². The molecule has 3 nitrogen and oxygen atoms in total. The molecule has 7 heteroatoms. The number of carboxylic acid groups (broad SMARTS) is 1. The standard InChI is InChI=1S/C21H18ClFO3S2/c1-27-10-2-9-26-15-6-3-13(4-7-15)17-12-19(21(24)25)28-20(17)16-8-5-14(23)11-18(16)22/h3-8,11-12H,2,9-10H2,1H3,(H,24,25). The van der Waals surface area contributed by atoms with Crippen LogP contribution in [0, 0.1) is 5.82 Å². The molecule has 0 aliphatic heterocycles. The molecule has 0 spiro atoms. The minimum absolute atomic E-state index is 0.197. The molecule has 0 aliphatic rings. The zero-order chi connectivity index (χ0) is 20.1. The summed E-state index contributed by atoms with van der Waals surface area (Å²) < 4.78 is 19.1. The van der Waals surface area contributed by atoms with Crippen molar-refractivity contribution in [3.8, 4) is 27.3 Å². The lowest BCUT2D eigenvalue weighted by Gasteiger charge is -2.09. The average Bonchev–Trinajstić information content (AvgIpc) is 3.11. The molecule has 0 fully saturated rings. The van der Waals surface area contributed by atoms with Gasteiger partial charge in [0.2, 0.25) is 0 Å². The van der Waals surface area contributed by atoms with Crippen LogP contribution in [0.1, 0.15) is 16.1 Å². The Labute approximate surface area is 176 Å². The molecule has 0 aliphatic carbocycles. The van der Waals surface area contributed by atoms with E-state index < -0.39 is 11.8 Å². The maximum atomic E-state index is 13.4. The molecule has 0 bridgehead atoms. The molecule has 1 N–H and O–H groups in total. The van der Waals surface area contributed by atoms with E-state index in [1.54, 1.807) is 23.9 Å². The van der Waals surface area contributed by atoms with Gasteiger partial charge < -0.3 is 9.84 Å². The Bertz CT molecular complexity index is 970. The molecule has 0 saturated heterocycles. The van der Waals surface area contributed by atoms with E-state index in [1.165, 1.54) is 12.1 Å². The van der Waals surface area contributed by atoms with Gasteiger partial charge in [0.05, 0.1) is 11.6 Å². The van der Waals surface area contributed by atoms with Crippen molar-refractivity contribution in [3.05, 3.63) is 64.2 Å². The highest BCUT2D eigenvalue weighted by molar-refractivity contribution is 7.98. The SMILES string of the molecule is CSCCCOc1ccc(-c2cc(C(=O)O)sc2-c2ccc(F)cc2Cl)cc1. The van der Waals surface area contributed by atoms with Crippen LogP contribution in [0.4, 0.5) is 4.39 Å². The molecule has 28 heavy (non-hydrogen) atoms. The lowest BCUT2D eigenvalue weighted by Crippen LogP contribution is -1.98. The van der Waals surface area contributed by atoms with Crippen LogP contribution in [-0.2, 0) is 0 Å². The highest BCUT2D eigenvalue weighted by Gasteiger charge is 2.18. The Balaban J connectivity index is 1.93. The Morgan fingerprint density at radius 1 is 1.18 bits per heavy atom. The van der Waals surface area contributed by atoms with Gasteiger partial charge in [-0.15, -0.1) is 11.3 Å². The molecule has 1 heterocycles. The number of aromatic carboxylic acids is 1. The summed E-state index contributed by atoms with van der Waals surface area (Å²) in [5.74, 6) is 0.366. The van der Waals surface area contributed by atoms with Crippen molar-refractivity contribution in [2.24, 2.45) is 0 Å². The Kier molecular flexibility index (Phi) is 6.99. The fourth-order valence-electron chi connectivity index (χ4n) is 2.71. The maximum Gasteiger partial charge on any atom is 0.345 e. The number of carboxylic acids is 1. The van der Waals surface area contributed by atoms with E-state index in [4.69, 9.17) is 16.3 Å². The van der Waals surface area contributed by atoms with Crippen molar-refractivity contribution in [1.29, 1.82) is 0 Å². The van der Waals surface area contributed by atoms with Gasteiger partial charge in [-0.25, -0.2) is 9.18 Å². The summed E-state index contributed by atoms with van der Waals surface area (Å²) in [5, 5.41) is 9.65. The number of hydrogen-bond donors (Lipinski definition) is 1. The topological polar surface area (TPSA) is 46.5 Å². The summed E-state index contributed by atoms with van der Waals surface area (Å²) in [5.41, 5.74) is 2.19. The van der Waals surface area contributed by atoms with Crippen molar-refractivity contribution < 1.29 is 19.0 Å². The second-order valence-electron chi connectivity index (χ2n) is 6.00. The smallest absolute Gasteiger partial charge is 0.345 e. The predicted molar refractivity (Wildman–Crippen MR) is 116 cm³/mol. The molecule has 1 aromatic heterocycles. The number of rotatable bonds is 8. The van der Waals surface area contributed by atoms with E-state index in [1.807, 2.05) is 24.3 Å². The summed E-state index contributed by atoms with van der Waals surface area (Å²) in [4.78, 5) is 12.4. The summed E-state index contributed by atoms with van der Waals surface area (Å²) in [6, 6.07) is 13.2. The van der Waals surface area contributed by atoms with E-state index in [2.05, 4.69) is 6.26 Å². The highest BCUT2D eigenvalue weighted by atomic mass is 35.5. The Morgan fingerprint density at radius 3 is 2.57 bits per heavy atom. The van der Waals surface area contributed by atoms with Crippen LogP contribution < -0.4 is 4.74 Å². The maximum absolute atomic E-state index is 13.4. The number of ether oxygens (including phenoxy) is 1. The summed E-state index contributed by atoms with van der Waals surface area (Å²) in [6.07, 6.45) is 3.04. The third kappa shape index (κ3) is 4.87. The summed E-state index contributed by atoms with van der Waals surface area (Å²) in [6.45, 7) is 0.651. The fourth-order valence-corrected chi connectivity index (χ4v) is 4.49. The zero-order valence-electron chi connectivity index (χ0n) is 15.1. The zero-order valence-corrected chi connectivity index (χ0v) is 17.5. The van der Waals surface area contributed by atoms with Crippen LogP contribution in [0.25, 0.3) is 21.6 Å². The fraction of sp³-hybridized carbons (Fsp3) is 0.190. The second-order valence-corrected chi connectivity index (χ2v) is 8.45. The van der Waals surface area contributed by atoms with Gasteiger partial charge in [0, 0.05) is 16.0 Å². The molecular formula is C21H18ClFO3S2. The van der Waals surface area contributed by atoms with Gasteiger partial charge in [-0.05, 0) is 60.4 Å². The molecule has 0 radical (unpaired) electrons. The van der Waals surface area contributed by atoms with Crippen molar-refractivity contribution in [2.45, 2.75) is 6.42 Å². The first kappa shape index (κ1) is 20.7. The minimum atomic E-state index is -1.01. The van der Waals surface area contributed by atoms with Gasteiger partial charge in [-0.3, -0.25) is 0 Å². The lowest BCUT2D eigenvalue weighted by atomic mass is 10.0. The van der Waals surface area contributed by atoms with Gasteiger partial charge >= 0.3 is 5.97 Å². The first-order chi connectivity index (χ1) is 13.5.